The summed E-state index contributed by atoms with van der Waals surface area (Å²) in [4.78, 5) is 21.5. The summed E-state index contributed by atoms with van der Waals surface area (Å²) < 4.78 is 27.4. The highest BCUT2D eigenvalue weighted by Gasteiger charge is 2.35. The third kappa shape index (κ3) is 4.82. The number of aromatic nitrogens is 1. The first kappa shape index (κ1) is 22.3. The Balaban J connectivity index is 1.34. The second kappa shape index (κ2) is 9.32. The van der Waals surface area contributed by atoms with Gasteiger partial charge in [-0.1, -0.05) is 29.3 Å². The van der Waals surface area contributed by atoms with Crippen LogP contribution < -0.4 is 4.90 Å². The van der Waals surface area contributed by atoms with Crippen LogP contribution in [0.4, 0.5) is 5.82 Å². The zero-order valence-corrected chi connectivity index (χ0v) is 19.3. The lowest BCUT2D eigenvalue weighted by molar-refractivity contribution is -0.137. The van der Waals surface area contributed by atoms with Crippen LogP contribution in [0.5, 0.6) is 0 Å². The maximum atomic E-state index is 13.0. The molecular formula is C21H24Cl2N4O3S. The van der Waals surface area contributed by atoms with Gasteiger partial charge in [0.15, 0.2) is 0 Å². The smallest absolute Gasteiger partial charge is 0.244 e. The van der Waals surface area contributed by atoms with Crippen molar-refractivity contribution < 1.29 is 13.2 Å². The molecule has 4 rings (SSSR count). The maximum absolute atomic E-state index is 13.0. The van der Waals surface area contributed by atoms with Crippen molar-refractivity contribution in [1.82, 2.24) is 14.2 Å². The predicted octanol–water partition coefficient (Wildman–Crippen LogP) is 3.14. The number of piperazine rings is 1. The average Bonchev–Trinajstić information content (AvgIpc) is 2.81. The van der Waals surface area contributed by atoms with Crippen molar-refractivity contribution in [2.75, 3.05) is 44.2 Å². The van der Waals surface area contributed by atoms with Crippen LogP contribution >= 0.6 is 23.2 Å². The largest absolute Gasteiger partial charge is 0.353 e. The number of nitrogens with zero attached hydrogens (tertiary/aromatic N) is 4. The SMILES string of the molecule is O=C(C1CCN(S(=O)(=O)c2cc(Cl)ccc2Cl)CC1)N1CCN(c2ccccn2)CC1. The molecule has 2 aliphatic rings. The van der Waals surface area contributed by atoms with Crippen LogP contribution in [0.1, 0.15) is 12.8 Å². The number of sulfonamides is 1. The van der Waals surface area contributed by atoms with Crippen molar-refractivity contribution in [1.29, 1.82) is 0 Å². The standard InChI is InChI=1S/C21H24Cl2N4O3S/c22-17-4-5-18(23)19(15-17)31(29,30)27-9-6-16(7-10-27)21(28)26-13-11-25(12-14-26)20-3-1-2-8-24-20/h1-5,8,15-16H,6-7,9-14H2. The van der Waals surface area contributed by atoms with Gasteiger partial charge in [0.05, 0.1) is 5.02 Å². The number of hydrogen-bond acceptors (Lipinski definition) is 5. The molecule has 2 aromatic rings. The van der Waals surface area contributed by atoms with Crippen molar-refractivity contribution in [3.63, 3.8) is 0 Å². The van der Waals surface area contributed by atoms with Crippen LogP contribution in [-0.2, 0) is 14.8 Å². The van der Waals surface area contributed by atoms with Crippen molar-refractivity contribution >= 4 is 45.0 Å². The zero-order valence-electron chi connectivity index (χ0n) is 17.0. The maximum Gasteiger partial charge on any atom is 0.244 e. The lowest BCUT2D eigenvalue weighted by Crippen LogP contribution is -2.52. The van der Waals surface area contributed by atoms with Gasteiger partial charge in [-0.25, -0.2) is 13.4 Å². The summed E-state index contributed by atoms with van der Waals surface area (Å²) >= 11 is 12.1. The Hall–Kier alpha value is -1.87. The first-order valence-electron chi connectivity index (χ1n) is 10.3. The first-order valence-corrected chi connectivity index (χ1v) is 12.5. The fourth-order valence-electron chi connectivity index (χ4n) is 4.11. The van der Waals surface area contributed by atoms with E-state index >= 15 is 0 Å². The van der Waals surface area contributed by atoms with E-state index in [2.05, 4.69) is 9.88 Å². The van der Waals surface area contributed by atoms with E-state index in [1.54, 1.807) is 12.3 Å². The Morgan fingerprint density at radius 1 is 0.968 bits per heavy atom. The highest BCUT2D eigenvalue weighted by atomic mass is 35.5. The molecule has 10 heteroatoms. The van der Waals surface area contributed by atoms with E-state index < -0.39 is 10.0 Å². The summed E-state index contributed by atoms with van der Waals surface area (Å²) in [6.45, 7) is 3.34. The molecule has 2 fully saturated rings. The Kier molecular flexibility index (Phi) is 6.71. The van der Waals surface area contributed by atoms with Gasteiger partial charge in [-0.15, -0.1) is 0 Å². The zero-order chi connectivity index (χ0) is 22.0. The number of carbonyl (C=O) groups excluding carboxylic acids is 1. The van der Waals surface area contributed by atoms with Crippen LogP contribution in [0.3, 0.4) is 0 Å². The highest BCUT2D eigenvalue weighted by molar-refractivity contribution is 7.89. The fourth-order valence-corrected chi connectivity index (χ4v) is 6.32. The van der Waals surface area contributed by atoms with Gasteiger partial charge < -0.3 is 9.80 Å². The molecule has 0 unspecified atom stereocenters. The van der Waals surface area contributed by atoms with Crippen LogP contribution in [-0.4, -0.2) is 67.8 Å². The number of carbonyl (C=O) groups is 1. The minimum atomic E-state index is -3.75. The van der Waals surface area contributed by atoms with Gasteiger partial charge in [0, 0.05) is 56.4 Å². The molecule has 7 nitrogen and oxygen atoms in total. The number of amides is 1. The van der Waals surface area contributed by atoms with E-state index in [4.69, 9.17) is 23.2 Å². The molecule has 0 saturated carbocycles. The quantitative estimate of drug-likeness (QED) is 0.668. The summed E-state index contributed by atoms with van der Waals surface area (Å²) in [6, 6.07) is 10.2. The number of pyridine rings is 1. The molecule has 1 amide bonds. The molecule has 2 saturated heterocycles. The van der Waals surface area contributed by atoms with E-state index in [9.17, 15) is 13.2 Å². The topological polar surface area (TPSA) is 73.8 Å². The number of piperidine rings is 1. The molecule has 1 aromatic heterocycles. The molecule has 2 aliphatic heterocycles. The summed E-state index contributed by atoms with van der Waals surface area (Å²) in [7, 11) is -3.75. The number of halogens is 2. The molecule has 1 aromatic carbocycles. The van der Waals surface area contributed by atoms with Crippen LogP contribution in [0.15, 0.2) is 47.5 Å². The van der Waals surface area contributed by atoms with Gasteiger partial charge in [0.2, 0.25) is 15.9 Å². The number of benzene rings is 1. The molecule has 0 radical (unpaired) electrons. The number of rotatable bonds is 4. The molecular weight excluding hydrogens is 459 g/mol. The van der Waals surface area contributed by atoms with Gasteiger partial charge in [0.1, 0.15) is 10.7 Å². The van der Waals surface area contributed by atoms with Gasteiger partial charge >= 0.3 is 0 Å². The average molecular weight is 483 g/mol. The molecule has 0 N–H and O–H groups in total. The molecule has 166 valence electrons. The van der Waals surface area contributed by atoms with Gasteiger partial charge in [-0.05, 0) is 43.2 Å². The lowest BCUT2D eigenvalue weighted by atomic mass is 9.96. The van der Waals surface area contributed by atoms with E-state index in [1.165, 1.54) is 16.4 Å². The van der Waals surface area contributed by atoms with E-state index in [-0.39, 0.29) is 34.8 Å². The van der Waals surface area contributed by atoms with Crippen molar-refractivity contribution in [2.24, 2.45) is 5.92 Å². The molecule has 0 bridgehead atoms. The summed E-state index contributed by atoms with van der Waals surface area (Å²) in [6.07, 6.45) is 2.76. The molecule has 0 aliphatic carbocycles. The summed E-state index contributed by atoms with van der Waals surface area (Å²) in [5, 5.41) is 0.464. The summed E-state index contributed by atoms with van der Waals surface area (Å²) in [5.74, 6) is 0.869. The van der Waals surface area contributed by atoms with Crippen LogP contribution in [0.2, 0.25) is 10.0 Å². The molecule has 3 heterocycles. The third-order valence-corrected chi connectivity index (χ3v) is 8.49. The predicted molar refractivity (Wildman–Crippen MR) is 121 cm³/mol. The minimum Gasteiger partial charge on any atom is -0.353 e. The lowest BCUT2D eigenvalue weighted by Gasteiger charge is -2.38. The van der Waals surface area contributed by atoms with Gasteiger partial charge in [0.25, 0.3) is 0 Å². The Bertz CT molecular complexity index is 1040. The van der Waals surface area contributed by atoms with Gasteiger partial charge in [-0.3, -0.25) is 4.79 Å². The Morgan fingerprint density at radius 2 is 1.68 bits per heavy atom. The number of hydrogen-bond donors (Lipinski definition) is 0. The monoisotopic (exact) mass is 482 g/mol. The van der Waals surface area contributed by atoms with E-state index in [1.807, 2.05) is 23.1 Å². The van der Waals surface area contributed by atoms with Gasteiger partial charge in [-0.2, -0.15) is 4.31 Å². The van der Waals surface area contributed by atoms with Crippen molar-refractivity contribution in [2.45, 2.75) is 17.7 Å². The number of anilines is 1. The van der Waals surface area contributed by atoms with E-state index in [0.29, 0.717) is 31.0 Å². The summed E-state index contributed by atoms with van der Waals surface area (Å²) in [5.41, 5.74) is 0. The molecule has 31 heavy (non-hydrogen) atoms. The highest BCUT2D eigenvalue weighted by Crippen LogP contribution is 2.31. The first-order chi connectivity index (χ1) is 14.9. The normalized spacial score (nSPS) is 18.9. The Labute approximate surface area is 192 Å². The second-order valence-electron chi connectivity index (χ2n) is 7.75. The van der Waals surface area contributed by atoms with Crippen LogP contribution in [0, 0.1) is 5.92 Å². The third-order valence-electron chi connectivity index (χ3n) is 5.88. The van der Waals surface area contributed by atoms with Crippen molar-refractivity contribution in [3.8, 4) is 0 Å². The second-order valence-corrected chi connectivity index (χ2v) is 10.5. The molecule has 0 atom stereocenters. The van der Waals surface area contributed by atoms with Crippen LogP contribution in [0.25, 0.3) is 0 Å². The Morgan fingerprint density at radius 3 is 2.32 bits per heavy atom. The molecule has 0 spiro atoms. The van der Waals surface area contributed by atoms with E-state index in [0.717, 1.165) is 18.9 Å². The van der Waals surface area contributed by atoms with Crippen molar-refractivity contribution in [3.05, 3.63) is 52.6 Å². The fraction of sp³-hybridized carbons (Fsp3) is 0.429. The minimum absolute atomic E-state index is 0.0112.